The van der Waals surface area contributed by atoms with Crippen molar-refractivity contribution in [1.82, 2.24) is 4.90 Å². The lowest BCUT2D eigenvalue weighted by Gasteiger charge is -2.44. The third kappa shape index (κ3) is 9.07. The molecule has 0 radical (unpaired) electrons. The summed E-state index contributed by atoms with van der Waals surface area (Å²) >= 11 is 0. The highest BCUT2D eigenvalue weighted by Gasteiger charge is 2.46. The highest BCUT2D eigenvalue weighted by molar-refractivity contribution is 5.88. The van der Waals surface area contributed by atoms with E-state index in [0.29, 0.717) is 57.0 Å². The van der Waals surface area contributed by atoms with Crippen molar-refractivity contribution >= 4 is 11.9 Å². The Hall–Kier alpha value is -2.96. The van der Waals surface area contributed by atoms with Gasteiger partial charge >= 0.3 is 5.97 Å². The van der Waals surface area contributed by atoms with Crippen molar-refractivity contribution < 1.29 is 19.4 Å². The van der Waals surface area contributed by atoms with Gasteiger partial charge in [-0.1, -0.05) is 67.1 Å². The molecule has 0 aliphatic heterocycles. The molecule has 1 fully saturated rings. The molecule has 4 atom stereocenters. The van der Waals surface area contributed by atoms with Crippen LogP contribution in [0.5, 0.6) is 0 Å². The van der Waals surface area contributed by atoms with Crippen LogP contribution in [-0.2, 0) is 33.6 Å². The van der Waals surface area contributed by atoms with Crippen molar-refractivity contribution in [3.8, 4) is 0 Å². The fraction of sp³-hybridized carbons (Fsp3) is 0.590. The molecule has 1 amide bonds. The van der Waals surface area contributed by atoms with E-state index in [2.05, 4.69) is 43.3 Å². The number of nitrogens with zero attached hydrogens (tertiary/aromatic N) is 1. The Kier molecular flexibility index (Phi) is 11.7. The molecule has 45 heavy (non-hydrogen) atoms. The summed E-state index contributed by atoms with van der Waals surface area (Å²) in [7, 11) is 1.84. The fourth-order valence-electron chi connectivity index (χ4n) is 7.92. The number of nitrogens with two attached hydrogens (primary N) is 1. The van der Waals surface area contributed by atoms with Gasteiger partial charge in [0.1, 0.15) is 0 Å². The third-order valence-electron chi connectivity index (χ3n) is 10.4. The number of hydrogen-bond acceptors (Lipinski definition) is 5. The minimum Gasteiger partial charge on any atom is -0.466 e. The van der Waals surface area contributed by atoms with Gasteiger partial charge in [0, 0.05) is 18.7 Å². The second-order valence-electron chi connectivity index (χ2n) is 14.8. The van der Waals surface area contributed by atoms with Crippen LogP contribution >= 0.6 is 0 Å². The summed E-state index contributed by atoms with van der Waals surface area (Å²) in [5, 5.41) is 12.1. The Bertz CT molecular complexity index is 1310. The standard InChI is InChI=1S/C39H56N2O4/c1-7-45-37(44)39(26-29-13-9-8-10-14-29)19-17-30(18-20-39)36(43)34(41(6)35(42)21-27(2)25-38(4,5)40)24-33-23-32-16-12-11-15-31(32)22-28(33)3/h8-16,21,28,30,33-34,36,43H,7,17-20,22-26,40H2,1-6H3/b27-21+/t28?,30?,33?,34-,36?,39?/m1/s1. The largest absolute Gasteiger partial charge is 0.466 e. The van der Waals surface area contributed by atoms with Crippen molar-refractivity contribution in [1.29, 1.82) is 0 Å². The van der Waals surface area contributed by atoms with Crippen LogP contribution in [0.4, 0.5) is 0 Å². The van der Waals surface area contributed by atoms with Crippen LogP contribution < -0.4 is 5.73 Å². The number of ether oxygens (including phenoxy) is 1. The predicted octanol–water partition coefficient (Wildman–Crippen LogP) is 6.67. The van der Waals surface area contributed by atoms with E-state index in [9.17, 15) is 14.7 Å². The summed E-state index contributed by atoms with van der Waals surface area (Å²) in [6.07, 6.45) is 7.69. The molecule has 3 unspecified atom stereocenters. The summed E-state index contributed by atoms with van der Waals surface area (Å²) in [5.41, 5.74) is 10.1. The van der Waals surface area contributed by atoms with Crippen LogP contribution in [0, 0.1) is 23.2 Å². The molecule has 4 rings (SSSR count). The molecule has 6 nitrogen and oxygen atoms in total. The van der Waals surface area contributed by atoms with Crippen LogP contribution in [0.25, 0.3) is 0 Å². The topological polar surface area (TPSA) is 92.9 Å². The molecule has 0 heterocycles. The predicted molar refractivity (Wildman–Crippen MR) is 181 cm³/mol. The quantitative estimate of drug-likeness (QED) is 0.205. The van der Waals surface area contributed by atoms with E-state index < -0.39 is 17.1 Å². The lowest BCUT2D eigenvalue weighted by Crippen LogP contribution is -2.51. The lowest BCUT2D eigenvalue weighted by molar-refractivity contribution is -0.159. The first kappa shape index (κ1) is 34.9. The van der Waals surface area contributed by atoms with Crippen molar-refractivity contribution in [2.24, 2.45) is 28.9 Å². The SMILES string of the molecule is CCOC(=O)C1(Cc2ccccc2)CCC(C(O)[C@@H](CC2Cc3ccccc3CC2C)N(C)C(=O)/C=C(\C)CC(C)(C)N)CC1. The number of carbonyl (C=O) groups is 2. The second-order valence-corrected chi connectivity index (χ2v) is 14.8. The van der Waals surface area contributed by atoms with Gasteiger partial charge in [-0.2, -0.15) is 0 Å². The number of carbonyl (C=O) groups excluding carboxylic acids is 2. The Morgan fingerprint density at radius 2 is 1.67 bits per heavy atom. The van der Waals surface area contributed by atoms with E-state index in [-0.39, 0.29) is 23.8 Å². The van der Waals surface area contributed by atoms with E-state index >= 15 is 0 Å². The number of hydrogen-bond donors (Lipinski definition) is 2. The van der Waals surface area contributed by atoms with Gasteiger partial charge in [-0.25, -0.2) is 0 Å². The van der Waals surface area contributed by atoms with Gasteiger partial charge in [-0.3, -0.25) is 9.59 Å². The average molecular weight is 617 g/mol. The molecule has 1 saturated carbocycles. The molecule has 2 aromatic carbocycles. The molecule has 0 spiro atoms. The number of aliphatic hydroxyl groups is 1. The van der Waals surface area contributed by atoms with Crippen molar-refractivity contribution in [3.05, 3.63) is 82.9 Å². The minimum atomic E-state index is -0.695. The van der Waals surface area contributed by atoms with Crippen molar-refractivity contribution in [3.63, 3.8) is 0 Å². The molecule has 0 saturated heterocycles. The van der Waals surface area contributed by atoms with E-state index in [1.165, 1.54) is 11.1 Å². The van der Waals surface area contributed by atoms with E-state index in [4.69, 9.17) is 10.5 Å². The van der Waals surface area contributed by atoms with Crippen LogP contribution in [0.1, 0.15) is 89.8 Å². The van der Waals surface area contributed by atoms with Crippen molar-refractivity contribution in [2.75, 3.05) is 13.7 Å². The van der Waals surface area contributed by atoms with Gasteiger partial charge in [-0.15, -0.1) is 0 Å². The highest BCUT2D eigenvalue weighted by atomic mass is 16.5. The molecule has 2 aliphatic rings. The van der Waals surface area contributed by atoms with Gasteiger partial charge in [0.2, 0.25) is 5.91 Å². The fourth-order valence-corrected chi connectivity index (χ4v) is 7.92. The Balaban J connectivity index is 1.56. The maximum absolute atomic E-state index is 13.7. The number of aliphatic hydroxyl groups excluding tert-OH is 1. The molecule has 2 aliphatic carbocycles. The third-order valence-corrected chi connectivity index (χ3v) is 10.4. The first-order valence-corrected chi connectivity index (χ1v) is 17.0. The summed E-state index contributed by atoms with van der Waals surface area (Å²) in [6, 6.07) is 18.5. The lowest BCUT2D eigenvalue weighted by atomic mass is 9.65. The van der Waals surface area contributed by atoms with Crippen molar-refractivity contribution in [2.45, 2.75) is 110 Å². The van der Waals surface area contributed by atoms with Gasteiger partial charge in [0.25, 0.3) is 0 Å². The summed E-state index contributed by atoms with van der Waals surface area (Å²) in [4.78, 5) is 28.9. The average Bonchev–Trinajstić information content (AvgIpc) is 2.99. The first-order valence-electron chi connectivity index (χ1n) is 17.0. The molecular weight excluding hydrogens is 560 g/mol. The zero-order valence-corrected chi connectivity index (χ0v) is 28.4. The molecule has 3 N–H and O–H groups in total. The molecule has 6 heteroatoms. The summed E-state index contributed by atoms with van der Waals surface area (Å²) < 4.78 is 5.61. The van der Waals surface area contributed by atoms with Gasteiger partial charge in [-0.05, 0) is 120 Å². The maximum Gasteiger partial charge on any atom is 0.312 e. The van der Waals surface area contributed by atoms with E-state index in [0.717, 1.165) is 30.4 Å². The maximum atomic E-state index is 13.7. The molecule has 0 bridgehead atoms. The van der Waals surface area contributed by atoms with E-state index in [1.807, 2.05) is 52.9 Å². The monoisotopic (exact) mass is 616 g/mol. The number of amides is 1. The number of esters is 1. The Morgan fingerprint density at radius 1 is 1.07 bits per heavy atom. The van der Waals surface area contributed by atoms with Gasteiger partial charge in [0.15, 0.2) is 0 Å². The normalized spacial score (nSPS) is 25.2. The Labute approximate surface area is 271 Å². The highest BCUT2D eigenvalue weighted by Crippen LogP contribution is 2.45. The number of benzene rings is 2. The van der Waals surface area contributed by atoms with Crippen LogP contribution in [-0.4, -0.2) is 53.2 Å². The van der Waals surface area contributed by atoms with Crippen LogP contribution in [0.15, 0.2) is 66.2 Å². The van der Waals surface area contributed by atoms with Gasteiger partial charge < -0.3 is 20.5 Å². The number of likely N-dealkylation sites (N-methyl/N-ethyl adjacent to an activating group) is 1. The van der Waals surface area contributed by atoms with Crippen LogP contribution in [0.2, 0.25) is 0 Å². The van der Waals surface area contributed by atoms with Crippen LogP contribution in [0.3, 0.4) is 0 Å². The number of rotatable bonds is 12. The van der Waals surface area contributed by atoms with E-state index in [1.54, 1.807) is 11.0 Å². The first-order chi connectivity index (χ1) is 21.3. The number of fused-ring (bicyclic) bond motifs is 1. The zero-order valence-electron chi connectivity index (χ0n) is 28.4. The molecule has 246 valence electrons. The summed E-state index contributed by atoms with van der Waals surface area (Å²) in [6.45, 7) is 10.4. The Morgan fingerprint density at radius 3 is 2.27 bits per heavy atom. The molecular formula is C39H56N2O4. The molecule has 0 aromatic heterocycles. The zero-order chi connectivity index (χ0) is 32.8. The second kappa shape index (κ2) is 15.1. The summed E-state index contributed by atoms with van der Waals surface area (Å²) in [5.74, 6) is 0.558. The smallest absolute Gasteiger partial charge is 0.312 e. The minimum absolute atomic E-state index is 0.0113. The molecule has 2 aromatic rings. The van der Waals surface area contributed by atoms with Gasteiger partial charge in [0.05, 0.1) is 24.2 Å².